The van der Waals surface area contributed by atoms with Gasteiger partial charge in [-0.05, 0) is 0 Å². The van der Waals surface area contributed by atoms with E-state index in [1.54, 1.807) is 0 Å². The molecule has 5 heavy (non-hydrogen) atoms. The molecule has 0 aliphatic rings. The fraction of sp³-hybridized carbons (Fsp3) is 0. The van der Waals surface area contributed by atoms with Crippen LogP contribution in [0.15, 0.2) is 0 Å². The molecule has 0 unspecified atom stereocenters. The molecule has 0 N–H and O–H groups in total. The Morgan fingerprint density at radius 1 is 1.80 bits per heavy atom. The van der Waals surface area contributed by atoms with Gasteiger partial charge in [0.15, 0.2) is 0 Å². The summed E-state index contributed by atoms with van der Waals surface area (Å²) in [4.78, 5) is 8.69. The zero-order valence-electron chi connectivity index (χ0n) is 2.08. The van der Waals surface area contributed by atoms with Gasteiger partial charge in [0.05, 0.1) is 0 Å². The fourth-order valence-corrected chi connectivity index (χ4v) is 0. The van der Waals surface area contributed by atoms with Gasteiger partial charge < -0.3 is 0 Å². The number of rotatable bonds is 0. The van der Waals surface area contributed by atoms with Crippen LogP contribution in [0.1, 0.15) is 0 Å². The summed E-state index contributed by atoms with van der Waals surface area (Å²) in [6, 6.07) is 0. The summed E-state index contributed by atoms with van der Waals surface area (Å²) in [6.45, 7) is 0. The second-order valence-corrected chi connectivity index (χ2v) is 0.344. The van der Waals surface area contributed by atoms with E-state index in [1.165, 1.54) is 0 Å². The Labute approximate surface area is 50.8 Å². The zero-order chi connectivity index (χ0) is 4.71. The molecule has 0 aromatic rings. The van der Waals surface area contributed by atoms with Crippen molar-refractivity contribution >= 4 is 15.8 Å². The third-order valence-electron chi connectivity index (χ3n) is 0. The van der Waals surface area contributed by atoms with Gasteiger partial charge in [0.2, 0.25) is 0 Å². The van der Waals surface area contributed by atoms with Crippen LogP contribution in [0.5, 0.6) is 0 Å². The number of hydrogen-bond acceptors (Lipinski definition) is 2. The molecule has 0 bridgehead atoms. The molecule has 0 aliphatic carbocycles. The van der Waals surface area contributed by atoms with Crippen molar-refractivity contribution in [2.75, 3.05) is 0 Å². The molecule has 0 amide bonds. The van der Waals surface area contributed by atoms with E-state index in [1.807, 2.05) is 0 Å². The van der Waals surface area contributed by atoms with E-state index in [9.17, 15) is 0 Å². The second-order valence-electron chi connectivity index (χ2n) is 0.0833. The fourth-order valence-electron chi connectivity index (χ4n) is 0. The van der Waals surface area contributed by atoms with Gasteiger partial charge in [0, 0.05) is 0 Å². The predicted molar refractivity (Wildman–Crippen MR) is 14.3 cm³/mol. The van der Waals surface area contributed by atoms with E-state index < -0.39 is 0 Å². The van der Waals surface area contributed by atoms with Gasteiger partial charge in [-0.25, -0.2) is 0 Å². The van der Waals surface area contributed by atoms with Crippen molar-refractivity contribution in [1.29, 1.82) is 0 Å². The van der Waals surface area contributed by atoms with Gasteiger partial charge in [-0.2, -0.15) is 0 Å². The number of hydrogen-bond donors (Lipinski definition) is 0. The van der Waals surface area contributed by atoms with E-state index in [0.717, 1.165) is 0 Å². The minimum absolute atomic E-state index is 0.500. The average Bonchev–Trinajstić information content (AvgIpc) is 1.46. The molecule has 1 nitrogen and oxygen atoms in total. The first-order valence-electron chi connectivity index (χ1n) is 0.576. The van der Waals surface area contributed by atoms with Crippen LogP contribution in [0.2, 0.25) is 0 Å². The van der Waals surface area contributed by atoms with Crippen molar-refractivity contribution in [1.82, 2.24) is 0 Å². The van der Waals surface area contributed by atoms with Crippen LogP contribution in [0.25, 0.3) is 0 Å². The average molecular weight is 176 g/mol. The van der Waals surface area contributed by atoms with Crippen molar-refractivity contribution in [3.8, 4) is 0 Å². The van der Waals surface area contributed by atoms with Crippen molar-refractivity contribution in [3.05, 3.63) is 0 Å². The van der Waals surface area contributed by atoms with E-state index in [-0.39, 0.29) is 0 Å². The van der Waals surface area contributed by atoms with Crippen LogP contribution in [0, 0.1) is 0 Å². The molecule has 0 aliphatic heterocycles. The molecule has 0 radical (unpaired) electrons. The molecule has 34 valence electrons. The van der Waals surface area contributed by atoms with Crippen LogP contribution in [-0.2, 0) is 34.9 Å². The van der Waals surface area contributed by atoms with Crippen LogP contribution >= 0.6 is 10.6 Å². The van der Waals surface area contributed by atoms with E-state index in [2.05, 4.69) is 40.7 Å². The minimum atomic E-state index is 0.500. The maximum atomic E-state index is 8.69. The third-order valence-corrected chi connectivity index (χ3v) is 0. The molecule has 0 aromatic heterocycles. The Kier molecular flexibility index (Phi) is 38.3. The van der Waals surface area contributed by atoms with Gasteiger partial charge in [0.1, 0.15) is 0 Å². The molecular formula is CHCoFeOS. The number of carbonyl (C=O) groups excluding carboxylic acids is 1. The van der Waals surface area contributed by atoms with Crippen molar-refractivity contribution in [2.24, 2.45) is 0 Å². The first-order chi connectivity index (χ1) is 2.41. The Bertz CT molecular complexity index is 25.6. The van der Waals surface area contributed by atoms with Gasteiger partial charge in [0.25, 0.3) is 0 Å². The zero-order valence-corrected chi connectivity index (χ0v) is 5.04. The quantitative estimate of drug-likeness (QED) is 0.391. The van der Waals surface area contributed by atoms with Crippen LogP contribution in [0.4, 0.5) is 0 Å². The number of carbonyl (C=O) groups is 1. The van der Waals surface area contributed by atoms with Crippen molar-refractivity contribution in [2.45, 2.75) is 0 Å². The predicted octanol–water partition coefficient (Wildman–Crippen LogP) is 0.369. The summed E-state index contributed by atoms with van der Waals surface area (Å²) in [7, 11) is 3.77. The van der Waals surface area contributed by atoms with Gasteiger partial charge in [-0.15, -0.1) is 0 Å². The van der Waals surface area contributed by atoms with Gasteiger partial charge >= 0.3 is 50.7 Å². The third kappa shape index (κ3) is 49.8. The monoisotopic (exact) mass is 176 g/mol. The summed E-state index contributed by atoms with van der Waals surface area (Å²) >= 11 is 5.95. The van der Waals surface area contributed by atoms with Gasteiger partial charge in [-0.3, -0.25) is 0 Å². The van der Waals surface area contributed by atoms with Crippen LogP contribution in [0.3, 0.4) is 0 Å². The molecule has 0 heterocycles. The van der Waals surface area contributed by atoms with Crippen molar-refractivity contribution in [3.63, 3.8) is 0 Å². The first kappa shape index (κ1) is 9.32. The topological polar surface area (TPSA) is 17.1 Å². The van der Waals surface area contributed by atoms with Gasteiger partial charge in [-0.1, -0.05) is 0 Å². The molecule has 0 aromatic carbocycles. The molecule has 0 atom stereocenters. The Balaban J connectivity index is 0. The van der Waals surface area contributed by atoms with E-state index in [0.29, 0.717) is 5.18 Å². The van der Waals surface area contributed by atoms with Crippen LogP contribution in [-0.4, -0.2) is 5.18 Å². The Hall–Kier alpha value is 0.916. The summed E-state index contributed by atoms with van der Waals surface area (Å²) in [5.41, 5.74) is 0. The molecule has 0 saturated carbocycles. The normalized spacial score (nSPS) is 3.60. The summed E-state index contributed by atoms with van der Waals surface area (Å²) in [5.74, 6) is 0. The summed E-state index contributed by atoms with van der Waals surface area (Å²) < 4.78 is 0. The van der Waals surface area contributed by atoms with Crippen LogP contribution < -0.4 is 0 Å². The maximum absolute atomic E-state index is 8.69. The van der Waals surface area contributed by atoms with E-state index >= 15 is 0 Å². The molecule has 0 saturated heterocycles. The standard InChI is InChI=1S/CHO.Co.Fe.S/c1-2;;;/h1H;;;. The van der Waals surface area contributed by atoms with Crippen molar-refractivity contribution < 1.29 is 34.9 Å². The second kappa shape index (κ2) is 20.5. The molecule has 0 rings (SSSR count). The molecule has 0 spiro atoms. The van der Waals surface area contributed by atoms with E-state index in [4.69, 9.17) is 4.79 Å². The Morgan fingerprint density at radius 3 is 1.80 bits per heavy atom. The Morgan fingerprint density at radius 2 is 1.80 bits per heavy atom. The SMILES string of the molecule is O=[CH][Fe].[S]=[Co]. The molecule has 4 heteroatoms. The molecule has 0 fully saturated rings. The molecular weight excluding hydrogens is 175 g/mol. The summed E-state index contributed by atoms with van der Waals surface area (Å²) in [5, 5.41) is 0.500. The first-order valence-corrected chi connectivity index (χ1v) is 2.76. The summed E-state index contributed by atoms with van der Waals surface area (Å²) in [6.07, 6.45) is 0.